The number of nitrogens with zero attached hydrogens (tertiary/aromatic N) is 5. The first-order valence-corrected chi connectivity index (χ1v) is 12.9. The van der Waals surface area contributed by atoms with Gasteiger partial charge in [0, 0.05) is 78.2 Å². The van der Waals surface area contributed by atoms with Gasteiger partial charge in [-0.05, 0) is 0 Å². The number of likely N-dealkylation sites (tertiary alicyclic amines) is 1. The molecule has 0 spiro atoms. The molecular weight excluding hydrogens is 649 g/mol. The van der Waals surface area contributed by atoms with Gasteiger partial charge in [0.05, 0.1) is 38.1 Å². The van der Waals surface area contributed by atoms with Gasteiger partial charge in [0.1, 0.15) is 5.78 Å². The standard InChI is InChI=1S/C24H37N5O11.In/c30-16-17(24(40)29-19(32)1-2-20(29)33)11-18(31)12-25-3-5-26(13-21(34)35)7-9-28(15-23(38)39)10-8-27(6-4-25)14-22(36)37;/h17,30H,1-16H2,(H,34,35)(H,36,37)(H,38,39);/q;+3/p-1. The normalized spacial score (nSPS) is 19.6. The molecule has 2 saturated heterocycles. The summed E-state index contributed by atoms with van der Waals surface area (Å²) in [7, 11) is 0. The number of carbonyl (C=O) groups excluding carboxylic acids is 5. The number of ketones is 1. The number of aliphatic hydroxyl groups excluding tert-OH is 1. The maximum absolute atomic E-state index is 12.9. The van der Waals surface area contributed by atoms with E-state index in [2.05, 4.69) is 0 Å². The number of hydrogen-bond donors (Lipinski definition) is 3. The van der Waals surface area contributed by atoms with E-state index in [1.807, 2.05) is 0 Å². The van der Waals surface area contributed by atoms with Crippen LogP contribution in [-0.2, 0) is 33.6 Å². The number of rotatable bonds is 12. The minimum absolute atomic E-state index is 0. The molecule has 0 aromatic carbocycles. The molecule has 3 N–H and O–H groups in total. The van der Waals surface area contributed by atoms with Gasteiger partial charge >= 0.3 is 37.8 Å². The Morgan fingerprint density at radius 2 is 1.05 bits per heavy atom. The molecule has 2 aliphatic heterocycles. The Morgan fingerprint density at radius 1 is 0.683 bits per heavy atom. The van der Waals surface area contributed by atoms with Crippen LogP contribution in [0, 0.1) is 5.92 Å². The van der Waals surface area contributed by atoms with Crippen molar-refractivity contribution in [1.82, 2.24) is 24.5 Å². The average molecular weight is 685 g/mol. The second-order valence-corrected chi connectivity index (χ2v) is 9.85. The molecule has 2 aliphatic rings. The molecule has 0 aromatic heterocycles. The molecule has 1 atom stereocenters. The number of Topliss-reactive ketones (excluding diaryl/α,β-unsaturated/α-hetero) is 1. The van der Waals surface area contributed by atoms with Gasteiger partial charge in [-0.25, -0.2) is 4.90 Å². The Kier molecular flexibility index (Phi) is 16.2. The molecule has 0 aliphatic carbocycles. The molecule has 0 aromatic rings. The van der Waals surface area contributed by atoms with Crippen molar-refractivity contribution in [3.8, 4) is 0 Å². The third-order valence-corrected chi connectivity index (χ3v) is 6.72. The summed E-state index contributed by atoms with van der Waals surface area (Å²) in [5, 5.41) is 39.5. The van der Waals surface area contributed by atoms with Gasteiger partial charge in [0.2, 0.25) is 17.7 Å². The van der Waals surface area contributed by atoms with E-state index in [1.54, 1.807) is 19.6 Å². The number of amides is 3. The largest absolute Gasteiger partial charge is 3.00 e. The van der Waals surface area contributed by atoms with Crippen LogP contribution in [0.4, 0.5) is 0 Å². The second-order valence-electron chi connectivity index (χ2n) is 9.85. The fourth-order valence-corrected chi connectivity index (χ4v) is 4.60. The van der Waals surface area contributed by atoms with E-state index in [4.69, 9.17) is 0 Å². The molecule has 0 bridgehead atoms. The molecule has 2 fully saturated rings. The summed E-state index contributed by atoms with van der Waals surface area (Å²) in [6.07, 6.45) is -0.671. The zero-order chi connectivity index (χ0) is 29.8. The number of carbonyl (C=O) groups is 7. The van der Waals surface area contributed by atoms with Crippen LogP contribution in [0.2, 0.25) is 0 Å². The summed E-state index contributed by atoms with van der Waals surface area (Å²) in [4.78, 5) is 90.2. The van der Waals surface area contributed by atoms with Gasteiger partial charge in [-0.15, -0.1) is 0 Å². The third-order valence-electron chi connectivity index (χ3n) is 6.72. The summed E-state index contributed by atoms with van der Waals surface area (Å²) in [6, 6.07) is 0. The van der Waals surface area contributed by atoms with Crippen LogP contribution in [0.1, 0.15) is 19.3 Å². The number of aliphatic carboxylic acids is 3. The number of aliphatic hydroxyl groups is 1. The maximum atomic E-state index is 12.9. The predicted molar refractivity (Wildman–Crippen MR) is 138 cm³/mol. The van der Waals surface area contributed by atoms with Gasteiger partial charge in [-0.1, -0.05) is 0 Å². The van der Waals surface area contributed by atoms with E-state index in [9.17, 15) is 54.0 Å². The monoisotopic (exact) mass is 685 g/mol. The maximum Gasteiger partial charge on any atom is 3.00 e. The van der Waals surface area contributed by atoms with E-state index < -0.39 is 66.9 Å². The summed E-state index contributed by atoms with van der Waals surface area (Å²) >= 11 is 0. The fourth-order valence-electron chi connectivity index (χ4n) is 4.60. The van der Waals surface area contributed by atoms with Crippen molar-refractivity contribution in [1.29, 1.82) is 0 Å². The molecule has 2 rings (SSSR count). The van der Waals surface area contributed by atoms with Crippen LogP contribution in [0.5, 0.6) is 0 Å². The molecule has 224 valence electrons. The second kappa shape index (κ2) is 18.2. The molecular formula is C24H36InN5O11+2. The van der Waals surface area contributed by atoms with Crippen molar-refractivity contribution in [3.05, 3.63) is 0 Å². The van der Waals surface area contributed by atoms with Gasteiger partial charge in [0.25, 0.3) is 0 Å². The topological polar surface area (TPSA) is 219 Å². The zero-order valence-electron chi connectivity index (χ0n) is 22.8. The zero-order valence-corrected chi connectivity index (χ0v) is 26.1. The Bertz CT molecular complexity index is 934. The Morgan fingerprint density at radius 3 is 1.39 bits per heavy atom. The minimum Gasteiger partial charge on any atom is -0.549 e. The molecule has 2 heterocycles. The SMILES string of the molecule is O=C([O-])CN1CCN(CC(=O)O)CCN(CC(=O)O)CCN(CC(=O)CC(CO)C(=O)N2C(=O)CCC2=O)CC1.[In+3]. The van der Waals surface area contributed by atoms with Crippen molar-refractivity contribution in [3.63, 3.8) is 0 Å². The molecule has 16 nitrogen and oxygen atoms in total. The van der Waals surface area contributed by atoms with Gasteiger partial charge in [-0.2, -0.15) is 0 Å². The molecule has 1 unspecified atom stereocenters. The van der Waals surface area contributed by atoms with Crippen LogP contribution < -0.4 is 5.11 Å². The molecule has 41 heavy (non-hydrogen) atoms. The van der Waals surface area contributed by atoms with Crippen LogP contribution in [0.25, 0.3) is 0 Å². The number of imide groups is 3. The van der Waals surface area contributed by atoms with Crippen LogP contribution in [-0.4, -0.2) is 192 Å². The fraction of sp³-hybridized carbons (Fsp3) is 0.708. The first kappa shape index (κ1) is 36.6. The van der Waals surface area contributed by atoms with Gasteiger partial charge in [0.15, 0.2) is 0 Å². The van der Waals surface area contributed by atoms with Crippen LogP contribution in [0.15, 0.2) is 0 Å². The van der Waals surface area contributed by atoms with Gasteiger partial charge in [-0.3, -0.25) is 48.4 Å². The first-order valence-electron chi connectivity index (χ1n) is 12.9. The van der Waals surface area contributed by atoms with Crippen molar-refractivity contribution in [2.75, 3.05) is 85.1 Å². The van der Waals surface area contributed by atoms with Crippen molar-refractivity contribution < 1.29 is 54.0 Å². The summed E-state index contributed by atoms with van der Waals surface area (Å²) in [5.74, 6) is -7.55. The minimum atomic E-state index is -1.33. The Balaban J connectivity index is 0.00000840. The molecule has 17 heteroatoms. The van der Waals surface area contributed by atoms with Crippen LogP contribution >= 0.6 is 0 Å². The number of hydrogen-bond acceptors (Lipinski definition) is 13. The van der Waals surface area contributed by atoms with Crippen molar-refractivity contribution in [2.24, 2.45) is 5.92 Å². The summed E-state index contributed by atoms with van der Waals surface area (Å²) in [6.45, 7) is -0.470. The smallest absolute Gasteiger partial charge is 0.549 e. The Hall–Kier alpha value is -2.44. The number of carboxylic acids is 3. The Labute approximate surface area is 255 Å². The quantitative estimate of drug-likeness (QED) is 0.164. The molecule has 3 amide bonds. The van der Waals surface area contributed by atoms with E-state index in [-0.39, 0.29) is 111 Å². The number of carboxylic acid groups (broad SMARTS) is 3. The molecule has 0 saturated carbocycles. The summed E-state index contributed by atoms with van der Waals surface area (Å²) in [5.41, 5.74) is 0. The van der Waals surface area contributed by atoms with E-state index in [0.717, 1.165) is 0 Å². The van der Waals surface area contributed by atoms with E-state index >= 15 is 0 Å². The molecule has 0 radical (unpaired) electrons. The van der Waals surface area contributed by atoms with E-state index in [0.29, 0.717) is 4.90 Å². The van der Waals surface area contributed by atoms with Crippen molar-refractivity contribution in [2.45, 2.75) is 19.3 Å². The van der Waals surface area contributed by atoms with Gasteiger partial charge < -0.3 is 25.2 Å². The van der Waals surface area contributed by atoms with Crippen LogP contribution in [0.3, 0.4) is 0 Å². The summed E-state index contributed by atoms with van der Waals surface area (Å²) < 4.78 is 0. The predicted octanol–water partition coefficient (Wildman–Crippen LogP) is -5.01. The first-order chi connectivity index (χ1) is 18.9. The van der Waals surface area contributed by atoms with Crippen molar-refractivity contribution >= 4 is 67.3 Å². The van der Waals surface area contributed by atoms with E-state index in [1.165, 1.54) is 0 Å². The average Bonchev–Trinajstić information content (AvgIpc) is 3.20. The third kappa shape index (κ3) is 13.0.